The zero-order valence-electron chi connectivity index (χ0n) is 15.4. The van der Waals surface area contributed by atoms with Crippen LogP contribution in [-0.4, -0.2) is 52.4 Å². The summed E-state index contributed by atoms with van der Waals surface area (Å²) in [6.45, 7) is 6.72. The first-order valence-corrected chi connectivity index (χ1v) is 8.85. The molecule has 0 radical (unpaired) electrons. The Morgan fingerprint density at radius 2 is 2.12 bits per heavy atom. The van der Waals surface area contributed by atoms with E-state index >= 15 is 0 Å². The van der Waals surface area contributed by atoms with Crippen LogP contribution >= 0.6 is 24.0 Å². The molecular weight excluding hydrogens is 453 g/mol. The molecule has 1 aromatic rings. The second-order valence-electron chi connectivity index (χ2n) is 6.19. The summed E-state index contributed by atoms with van der Waals surface area (Å²) in [5.74, 6) is -0.389. The molecule has 1 aromatic carbocycles. The third kappa shape index (κ3) is 7.22. The van der Waals surface area contributed by atoms with E-state index in [9.17, 15) is 8.78 Å². The van der Waals surface area contributed by atoms with Gasteiger partial charge in [0.15, 0.2) is 17.6 Å². The Bertz CT molecular complexity index is 574. The lowest BCUT2D eigenvalue weighted by molar-refractivity contribution is 0.195. The second kappa shape index (κ2) is 12.3. The van der Waals surface area contributed by atoms with Gasteiger partial charge in [0.2, 0.25) is 0 Å². The van der Waals surface area contributed by atoms with Gasteiger partial charge in [-0.2, -0.15) is 0 Å². The molecule has 8 heteroatoms. The highest BCUT2D eigenvalue weighted by Crippen LogP contribution is 2.25. The number of ether oxygens (including phenoxy) is 1. The SMILES string of the molecule is CCNC(=NCC1CCN(c2ccc(F)c(F)c2)C1)NCCCOC.I. The number of nitrogens with zero attached hydrogens (tertiary/aromatic N) is 2. The Kier molecular flexibility index (Phi) is 10.8. The van der Waals surface area contributed by atoms with E-state index in [4.69, 9.17) is 4.74 Å². The van der Waals surface area contributed by atoms with Gasteiger partial charge in [-0.25, -0.2) is 8.78 Å². The van der Waals surface area contributed by atoms with Gasteiger partial charge < -0.3 is 20.3 Å². The molecular formula is C18H29F2IN4O. The molecule has 1 aliphatic rings. The van der Waals surface area contributed by atoms with E-state index in [1.807, 2.05) is 6.92 Å². The molecule has 0 aromatic heterocycles. The molecule has 5 nitrogen and oxygen atoms in total. The van der Waals surface area contributed by atoms with Crippen LogP contribution in [0.4, 0.5) is 14.5 Å². The average Bonchev–Trinajstić information content (AvgIpc) is 3.08. The number of hydrogen-bond acceptors (Lipinski definition) is 3. The third-order valence-electron chi connectivity index (χ3n) is 4.22. The highest BCUT2D eigenvalue weighted by molar-refractivity contribution is 14.0. The summed E-state index contributed by atoms with van der Waals surface area (Å²) in [7, 11) is 1.69. The number of hydrogen-bond donors (Lipinski definition) is 2. The van der Waals surface area contributed by atoms with Crippen molar-refractivity contribution in [1.82, 2.24) is 10.6 Å². The number of benzene rings is 1. The molecule has 0 aliphatic carbocycles. The van der Waals surface area contributed by atoms with Crippen molar-refractivity contribution in [3.63, 3.8) is 0 Å². The monoisotopic (exact) mass is 482 g/mol. The van der Waals surface area contributed by atoms with Crippen LogP contribution < -0.4 is 15.5 Å². The van der Waals surface area contributed by atoms with E-state index in [1.54, 1.807) is 13.2 Å². The van der Waals surface area contributed by atoms with Crippen LogP contribution in [0.1, 0.15) is 19.8 Å². The Hall–Kier alpha value is -1.16. The topological polar surface area (TPSA) is 48.9 Å². The zero-order valence-corrected chi connectivity index (χ0v) is 17.8. The molecule has 0 amide bonds. The van der Waals surface area contributed by atoms with Crippen molar-refractivity contribution in [2.24, 2.45) is 10.9 Å². The van der Waals surface area contributed by atoms with Gasteiger partial charge in [-0.1, -0.05) is 0 Å². The van der Waals surface area contributed by atoms with Gasteiger partial charge in [-0.05, 0) is 37.8 Å². The van der Waals surface area contributed by atoms with Crippen molar-refractivity contribution < 1.29 is 13.5 Å². The Balaban J connectivity index is 0.00000338. The van der Waals surface area contributed by atoms with Crippen molar-refractivity contribution in [3.05, 3.63) is 29.8 Å². The Morgan fingerprint density at radius 1 is 1.31 bits per heavy atom. The number of guanidine groups is 1. The van der Waals surface area contributed by atoms with Crippen LogP contribution in [0.5, 0.6) is 0 Å². The Morgan fingerprint density at radius 3 is 2.81 bits per heavy atom. The molecule has 148 valence electrons. The largest absolute Gasteiger partial charge is 0.385 e. The fourth-order valence-corrected chi connectivity index (χ4v) is 2.88. The van der Waals surface area contributed by atoms with Crippen LogP contribution in [0, 0.1) is 17.6 Å². The molecule has 2 rings (SSSR count). The summed E-state index contributed by atoms with van der Waals surface area (Å²) in [6, 6.07) is 4.08. The second-order valence-corrected chi connectivity index (χ2v) is 6.19. The van der Waals surface area contributed by atoms with Crippen molar-refractivity contribution in [2.45, 2.75) is 19.8 Å². The normalized spacial score (nSPS) is 17.2. The summed E-state index contributed by atoms with van der Waals surface area (Å²) in [5, 5.41) is 6.52. The predicted molar refractivity (Wildman–Crippen MR) is 113 cm³/mol. The summed E-state index contributed by atoms with van der Waals surface area (Å²) in [6.07, 6.45) is 1.92. The van der Waals surface area contributed by atoms with E-state index in [-0.39, 0.29) is 24.0 Å². The van der Waals surface area contributed by atoms with Crippen molar-refractivity contribution in [3.8, 4) is 0 Å². The van der Waals surface area contributed by atoms with Gasteiger partial charge in [0.05, 0.1) is 0 Å². The van der Waals surface area contributed by atoms with Gasteiger partial charge in [-0.3, -0.25) is 4.99 Å². The number of methoxy groups -OCH3 is 1. The van der Waals surface area contributed by atoms with Crippen LogP contribution in [0.15, 0.2) is 23.2 Å². The molecule has 0 bridgehead atoms. The third-order valence-corrected chi connectivity index (χ3v) is 4.22. The van der Waals surface area contributed by atoms with E-state index in [1.165, 1.54) is 12.1 Å². The summed E-state index contributed by atoms with van der Waals surface area (Å²) >= 11 is 0. The standard InChI is InChI=1S/C18H28F2N4O.HI/c1-3-21-18(22-8-4-10-25-2)23-12-14-7-9-24(13-14)15-5-6-16(19)17(20)11-15;/h5-6,11,14H,3-4,7-10,12-13H2,1-2H3,(H2,21,22,23);1H. The van der Waals surface area contributed by atoms with Crippen LogP contribution in [0.2, 0.25) is 0 Å². The lowest BCUT2D eigenvalue weighted by Crippen LogP contribution is -2.38. The highest BCUT2D eigenvalue weighted by atomic mass is 127. The maximum absolute atomic E-state index is 13.4. The first-order valence-electron chi connectivity index (χ1n) is 8.85. The van der Waals surface area contributed by atoms with Crippen LogP contribution in [0.25, 0.3) is 0 Å². The van der Waals surface area contributed by atoms with Gasteiger partial charge in [-0.15, -0.1) is 24.0 Å². The number of nitrogens with one attached hydrogen (secondary N) is 2. The minimum Gasteiger partial charge on any atom is -0.385 e. The summed E-state index contributed by atoms with van der Waals surface area (Å²) < 4.78 is 31.5. The maximum atomic E-state index is 13.4. The predicted octanol–water partition coefficient (Wildman–Crippen LogP) is 3.00. The van der Waals surface area contributed by atoms with E-state index in [2.05, 4.69) is 20.5 Å². The van der Waals surface area contributed by atoms with Crippen LogP contribution in [0.3, 0.4) is 0 Å². The number of aliphatic imine (C=N–C) groups is 1. The molecule has 1 aliphatic heterocycles. The quantitative estimate of drug-likeness (QED) is 0.259. The van der Waals surface area contributed by atoms with Gasteiger partial charge >= 0.3 is 0 Å². The molecule has 26 heavy (non-hydrogen) atoms. The first kappa shape index (κ1) is 22.9. The molecule has 1 saturated heterocycles. The fourth-order valence-electron chi connectivity index (χ4n) is 2.88. The van der Waals surface area contributed by atoms with E-state index in [0.29, 0.717) is 12.5 Å². The average molecular weight is 482 g/mol. The van der Waals surface area contributed by atoms with Crippen molar-refractivity contribution in [2.75, 3.05) is 51.3 Å². The lowest BCUT2D eigenvalue weighted by atomic mass is 10.1. The maximum Gasteiger partial charge on any atom is 0.191 e. The van der Waals surface area contributed by atoms with Gasteiger partial charge in [0, 0.05) is 58.2 Å². The van der Waals surface area contributed by atoms with Crippen molar-refractivity contribution >= 4 is 35.6 Å². The number of halogens is 3. The molecule has 1 heterocycles. The molecule has 1 unspecified atom stereocenters. The molecule has 0 saturated carbocycles. The minimum absolute atomic E-state index is 0. The first-order chi connectivity index (χ1) is 12.1. The number of anilines is 1. The number of rotatable bonds is 8. The fraction of sp³-hybridized carbons (Fsp3) is 0.611. The smallest absolute Gasteiger partial charge is 0.191 e. The van der Waals surface area contributed by atoms with Gasteiger partial charge in [0.1, 0.15) is 0 Å². The molecule has 0 spiro atoms. The highest BCUT2D eigenvalue weighted by Gasteiger charge is 2.23. The van der Waals surface area contributed by atoms with Crippen molar-refractivity contribution in [1.29, 1.82) is 0 Å². The summed E-state index contributed by atoms with van der Waals surface area (Å²) in [5.41, 5.74) is 0.731. The van der Waals surface area contributed by atoms with Gasteiger partial charge in [0.25, 0.3) is 0 Å². The van der Waals surface area contributed by atoms with E-state index in [0.717, 1.165) is 57.3 Å². The zero-order chi connectivity index (χ0) is 18.1. The van der Waals surface area contributed by atoms with E-state index < -0.39 is 11.6 Å². The molecule has 1 fully saturated rings. The summed E-state index contributed by atoms with van der Waals surface area (Å²) in [4.78, 5) is 6.73. The molecule has 2 N–H and O–H groups in total. The van der Waals surface area contributed by atoms with Crippen LogP contribution in [-0.2, 0) is 4.74 Å². The minimum atomic E-state index is -0.807. The lowest BCUT2D eigenvalue weighted by Gasteiger charge is -2.18. The molecule has 1 atom stereocenters. The Labute approximate surface area is 171 Å².